The largest absolute Gasteiger partial charge is 0.0622 e. The first-order chi connectivity index (χ1) is 15.2. The molecule has 0 aromatic heterocycles. The Morgan fingerprint density at radius 3 is 1.39 bits per heavy atom. The summed E-state index contributed by atoms with van der Waals surface area (Å²) in [5.74, 6) is 0. The minimum atomic E-state index is 1.02. The second kappa shape index (κ2) is 8.24. The number of hydrogen-bond acceptors (Lipinski definition) is 0. The van der Waals surface area contributed by atoms with Crippen LogP contribution in [0.15, 0.2) is 97.1 Å². The molecule has 0 unspecified atom stereocenters. The molecule has 0 saturated carbocycles. The fourth-order valence-corrected chi connectivity index (χ4v) is 4.42. The summed E-state index contributed by atoms with van der Waals surface area (Å²) in [6, 6.07) is 35.0. The zero-order valence-electron chi connectivity index (χ0n) is 18.1. The molecule has 0 fully saturated rings. The van der Waals surface area contributed by atoms with E-state index in [2.05, 4.69) is 123 Å². The van der Waals surface area contributed by atoms with Gasteiger partial charge in [-0.25, -0.2) is 0 Å². The van der Waals surface area contributed by atoms with Crippen molar-refractivity contribution >= 4 is 23.3 Å². The molecule has 150 valence electrons. The molecule has 0 spiro atoms. The maximum atomic E-state index is 2.37. The average Bonchev–Trinajstić information content (AvgIpc) is 3.17. The van der Waals surface area contributed by atoms with Gasteiger partial charge in [0.15, 0.2) is 0 Å². The van der Waals surface area contributed by atoms with E-state index in [0.29, 0.717) is 0 Å². The van der Waals surface area contributed by atoms with Crippen molar-refractivity contribution in [3.63, 3.8) is 0 Å². The van der Waals surface area contributed by atoms with Gasteiger partial charge in [0.2, 0.25) is 0 Å². The maximum absolute atomic E-state index is 2.37. The normalized spacial score (nSPS) is 13.1. The highest BCUT2D eigenvalue weighted by Gasteiger charge is 2.19. The Hall–Kier alpha value is -3.64. The van der Waals surface area contributed by atoms with Crippen LogP contribution in [-0.2, 0) is 6.42 Å². The highest BCUT2D eigenvalue weighted by molar-refractivity contribution is 5.88. The van der Waals surface area contributed by atoms with Crippen LogP contribution in [0.25, 0.3) is 34.4 Å². The maximum Gasteiger partial charge on any atom is -0.00134 e. The van der Waals surface area contributed by atoms with Crippen LogP contribution in [0.4, 0.5) is 0 Å². The van der Waals surface area contributed by atoms with Crippen molar-refractivity contribution < 1.29 is 0 Å². The third-order valence-electron chi connectivity index (χ3n) is 6.17. The Kier molecular flexibility index (Phi) is 5.14. The Morgan fingerprint density at radius 2 is 0.968 bits per heavy atom. The zero-order valence-corrected chi connectivity index (χ0v) is 18.1. The molecule has 0 heteroatoms. The van der Waals surface area contributed by atoms with Gasteiger partial charge in [-0.2, -0.15) is 0 Å². The average molecular weight is 399 g/mol. The summed E-state index contributed by atoms with van der Waals surface area (Å²) in [6.07, 6.45) is 5.55. The first-order valence-electron chi connectivity index (χ1n) is 10.9. The summed E-state index contributed by atoms with van der Waals surface area (Å²) in [5.41, 5.74) is 13.2. The molecule has 31 heavy (non-hydrogen) atoms. The molecule has 0 radical (unpaired) electrons. The minimum absolute atomic E-state index is 1.02. The van der Waals surface area contributed by atoms with E-state index < -0.39 is 0 Å². The van der Waals surface area contributed by atoms with Crippen LogP contribution in [0.1, 0.15) is 47.2 Å². The van der Waals surface area contributed by atoms with E-state index in [9.17, 15) is 0 Å². The standard InChI is InChI=1S/C31H26/c1-22(17-24-9-5-3-6-10-24)26-13-15-28-19-29-16-14-27(21-31(29)30(28)20-26)23(2)18-25-11-7-4-8-12-25/h3-18,20-21H,19H2,1-2H3/b22-17-,23-18-. The highest BCUT2D eigenvalue weighted by atomic mass is 14.2. The third-order valence-corrected chi connectivity index (χ3v) is 6.17. The zero-order chi connectivity index (χ0) is 21.2. The molecule has 0 nitrogen and oxygen atoms in total. The van der Waals surface area contributed by atoms with Crippen molar-refractivity contribution in [2.75, 3.05) is 0 Å². The lowest BCUT2D eigenvalue weighted by Crippen LogP contribution is -1.86. The van der Waals surface area contributed by atoms with Crippen LogP contribution in [0.2, 0.25) is 0 Å². The van der Waals surface area contributed by atoms with E-state index in [-0.39, 0.29) is 0 Å². The van der Waals surface area contributed by atoms with Crippen LogP contribution < -0.4 is 0 Å². The number of allylic oxidation sites excluding steroid dienone is 2. The summed E-state index contributed by atoms with van der Waals surface area (Å²) in [7, 11) is 0. The van der Waals surface area contributed by atoms with Gasteiger partial charge in [-0.1, -0.05) is 97.1 Å². The lowest BCUT2D eigenvalue weighted by Gasteiger charge is -2.09. The summed E-state index contributed by atoms with van der Waals surface area (Å²) < 4.78 is 0. The van der Waals surface area contributed by atoms with Gasteiger partial charge in [-0.05, 0) is 88.1 Å². The molecule has 0 bridgehead atoms. The quantitative estimate of drug-likeness (QED) is 0.267. The van der Waals surface area contributed by atoms with Crippen molar-refractivity contribution in [2.45, 2.75) is 20.3 Å². The molecule has 0 aliphatic heterocycles. The van der Waals surface area contributed by atoms with Gasteiger partial charge in [0.05, 0.1) is 0 Å². The van der Waals surface area contributed by atoms with E-state index >= 15 is 0 Å². The third kappa shape index (κ3) is 4.02. The SMILES string of the molecule is C/C(=C/c1ccccc1)c1ccc2c(c1)-c1cc(/C(C)=C\c3ccccc3)ccc1C2. The van der Waals surface area contributed by atoms with Crippen LogP contribution in [-0.4, -0.2) is 0 Å². The van der Waals surface area contributed by atoms with Gasteiger partial charge in [0.25, 0.3) is 0 Å². The summed E-state index contributed by atoms with van der Waals surface area (Å²) >= 11 is 0. The van der Waals surface area contributed by atoms with E-state index in [4.69, 9.17) is 0 Å². The monoisotopic (exact) mass is 398 g/mol. The van der Waals surface area contributed by atoms with Crippen molar-refractivity contribution in [1.82, 2.24) is 0 Å². The number of hydrogen-bond donors (Lipinski definition) is 0. The molecule has 4 aromatic rings. The van der Waals surface area contributed by atoms with Crippen LogP contribution >= 0.6 is 0 Å². The molecular formula is C31H26. The van der Waals surface area contributed by atoms with Gasteiger partial charge < -0.3 is 0 Å². The van der Waals surface area contributed by atoms with E-state index in [1.54, 1.807) is 0 Å². The Balaban J connectivity index is 1.51. The fraction of sp³-hybridized carbons (Fsp3) is 0.0968. The van der Waals surface area contributed by atoms with Crippen molar-refractivity contribution in [3.05, 3.63) is 130 Å². The van der Waals surface area contributed by atoms with Crippen molar-refractivity contribution in [3.8, 4) is 11.1 Å². The smallest absolute Gasteiger partial charge is 0.00134 e. The van der Waals surface area contributed by atoms with Crippen LogP contribution in [0, 0.1) is 0 Å². The molecule has 0 heterocycles. The molecule has 1 aliphatic carbocycles. The van der Waals surface area contributed by atoms with E-state index in [0.717, 1.165) is 6.42 Å². The van der Waals surface area contributed by atoms with Gasteiger partial charge in [-0.3, -0.25) is 0 Å². The molecule has 0 atom stereocenters. The molecule has 4 aromatic carbocycles. The first-order valence-corrected chi connectivity index (χ1v) is 10.9. The Morgan fingerprint density at radius 1 is 0.548 bits per heavy atom. The minimum Gasteiger partial charge on any atom is -0.0622 e. The Labute approximate surface area is 185 Å². The van der Waals surface area contributed by atoms with Crippen molar-refractivity contribution in [2.24, 2.45) is 0 Å². The van der Waals surface area contributed by atoms with Gasteiger partial charge in [0.1, 0.15) is 0 Å². The van der Waals surface area contributed by atoms with Gasteiger partial charge >= 0.3 is 0 Å². The fourth-order valence-electron chi connectivity index (χ4n) is 4.42. The molecule has 0 amide bonds. The molecule has 0 N–H and O–H groups in total. The first kappa shape index (κ1) is 19.3. The predicted molar refractivity (Wildman–Crippen MR) is 135 cm³/mol. The summed E-state index contributed by atoms with van der Waals surface area (Å²) in [6.45, 7) is 4.40. The second-order valence-corrected chi connectivity index (χ2v) is 8.40. The predicted octanol–water partition coefficient (Wildman–Crippen LogP) is 8.38. The molecule has 1 aliphatic rings. The highest BCUT2D eigenvalue weighted by Crippen LogP contribution is 2.39. The van der Waals surface area contributed by atoms with Gasteiger partial charge in [-0.15, -0.1) is 0 Å². The summed E-state index contributed by atoms with van der Waals surface area (Å²) in [4.78, 5) is 0. The van der Waals surface area contributed by atoms with Crippen LogP contribution in [0.5, 0.6) is 0 Å². The number of benzene rings is 4. The van der Waals surface area contributed by atoms with Crippen LogP contribution in [0.3, 0.4) is 0 Å². The Bertz CT molecular complexity index is 1190. The topological polar surface area (TPSA) is 0 Å². The van der Waals surface area contributed by atoms with E-state index in [1.165, 1.54) is 55.7 Å². The molecule has 5 rings (SSSR count). The second-order valence-electron chi connectivity index (χ2n) is 8.40. The van der Waals surface area contributed by atoms with Gasteiger partial charge in [0, 0.05) is 0 Å². The van der Waals surface area contributed by atoms with E-state index in [1.807, 2.05) is 0 Å². The number of rotatable bonds is 4. The summed E-state index contributed by atoms with van der Waals surface area (Å²) in [5, 5.41) is 0. The lowest BCUT2D eigenvalue weighted by atomic mass is 9.96. The van der Waals surface area contributed by atoms with Crippen molar-refractivity contribution in [1.29, 1.82) is 0 Å². The number of fused-ring (bicyclic) bond motifs is 3. The molecular weight excluding hydrogens is 372 g/mol. The lowest BCUT2D eigenvalue weighted by molar-refractivity contribution is 1.26. The molecule has 0 saturated heterocycles.